The number of piperazine rings is 1. The van der Waals surface area contributed by atoms with E-state index in [-0.39, 0.29) is 5.92 Å². The Kier molecular flexibility index (Phi) is 10.4. The molecule has 0 bridgehead atoms. The molecule has 2 aliphatic heterocycles. The van der Waals surface area contributed by atoms with Gasteiger partial charge in [-0.2, -0.15) is 4.98 Å². The molecular formula is C34H45BrN10O3S. The van der Waals surface area contributed by atoms with Crippen molar-refractivity contribution in [3.8, 4) is 5.75 Å². The summed E-state index contributed by atoms with van der Waals surface area (Å²) in [7, 11) is 1.76. The van der Waals surface area contributed by atoms with Crippen LogP contribution in [0.2, 0.25) is 0 Å². The number of piperidine rings is 1. The number of methoxy groups -OCH3 is 1. The van der Waals surface area contributed by atoms with Gasteiger partial charge in [-0.1, -0.05) is 13.8 Å². The van der Waals surface area contributed by atoms with Crippen molar-refractivity contribution >= 4 is 71.5 Å². The Morgan fingerprint density at radius 2 is 1.69 bits per heavy atom. The zero-order valence-electron chi connectivity index (χ0n) is 28.9. The van der Waals surface area contributed by atoms with Crippen molar-refractivity contribution in [2.24, 2.45) is 0 Å². The van der Waals surface area contributed by atoms with Crippen LogP contribution in [0.4, 0.5) is 34.5 Å². The number of nitrogens with zero attached hydrogens (tertiary/aromatic N) is 8. The van der Waals surface area contributed by atoms with E-state index >= 15 is 0 Å². The van der Waals surface area contributed by atoms with E-state index < -0.39 is 10.0 Å². The third kappa shape index (κ3) is 7.69. The highest BCUT2D eigenvalue weighted by Crippen LogP contribution is 2.40. The number of ether oxygens (including phenoxy) is 1. The Morgan fingerprint density at radius 3 is 2.37 bits per heavy atom. The van der Waals surface area contributed by atoms with Crippen molar-refractivity contribution in [2.75, 3.05) is 86.6 Å². The number of fused-ring (bicyclic) bond motifs is 1. The van der Waals surface area contributed by atoms with E-state index in [1.54, 1.807) is 31.6 Å². The minimum absolute atomic E-state index is 0.279. The Bertz CT molecular complexity index is 1910. The molecule has 0 spiro atoms. The molecular weight excluding hydrogens is 708 g/mol. The maximum atomic E-state index is 12.6. The number of benzene rings is 2. The molecule has 4 aromatic rings. The van der Waals surface area contributed by atoms with Crippen LogP contribution in [-0.4, -0.2) is 111 Å². The van der Waals surface area contributed by atoms with E-state index in [0.717, 1.165) is 64.1 Å². The van der Waals surface area contributed by atoms with Crippen LogP contribution < -0.4 is 24.6 Å². The van der Waals surface area contributed by atoms with Crippen LogP contribution in [0.3, 0.4) is 0 Å². The fraction of sp³-hybridized carbons (Fsp3) is 0.471. The van der Waals surface area contributed by atoms with Gasteiger partial charge in [0, 0.05) is 82.7 Å². The molecule has 2 aromatic carbocycles. The van der Waals surface area contributed by atoms with Crippen LogP contribution in [-0.2, 0) is 10.0 Å². The first-order valence-electron chi connectivity index (χ1n) is 16.6. The minimum atomic E-state index is -3.61. The van der Waals surface area contributed by atoms with Crippen molar-refractivity contribution in [1.29, 1.82) is 0 Å². The van der Waals surface area contributed by atoms with E-state index in [1.807, 2.05) is 0 Å². The van der Waals surface area contributed by atoms with Gasteiger partial charge in [-0.15, -0.1) is 0 Å². The van der Waals surface area contributed by atoms with Crippen LogP contribution in [0.1, 0.15) is 38.2 Å². The Labute approximate surface area is 297 Å². The molecule has 49 heavy (non-hydrogen) atoms. The fourth-order valence-electron chi connectivity index (χ4n) is 6.62. The second-order valence-electron chi connectivity index (χ2n) is 13.1. The number of hydrogen-bond donors (Lipinski definition) is 2. The van der Waals surface area contributed by atoms with Gasteiger partial charge in [0.25, 0.3) is 0 Å². The molecule has 0 aliphatic carbocycles. The van der Waals surface area contributed by atoms with Gasteiger partial charge in [0.2, 0.25) is 16.0 Å². The van der Waals surface area contributed by atoms with Crippen molar-refractivity contribution in [3.63, 3.8) is 0 Å². The van der Waals surface area contributed by atoms with Gasteiger partial charge >= 0.3 is 0 Å². The van der Waals surface area contributed by atoms with Crippen LogP contribution in [0.5, 0.6) is 5.75 Å². The zero-order valence-corrected chi connectivity index (χ0v) is 31.3. The molecule has 0 unspecified atom stereocenters. The third-order valence-electron chi connectivity index (χ3n) is 9.50. The van der Waals surface area contributed by atoms with Gasteiger partial charge in [0.1, 0.15) is 22.8 Å². The molecule has 6 rings (SSSR count). The summed E-state index contributed by atoms with van der Waals surface area (Å²) in [6, 6.07) is 8.46. The summed E-state index contributed by atoms with van der Waals surface area (Å²) < 4.78 is 33.0. The number of likely N-dealkylation sites (N-methyl/N-ethyl adjacent to an activating group) is 1. The highest BCUT2D eigenvalue weighted by Gasteiger charge is 2.29. The largest absolute Gasteiger partial charge is 0.494 e. The molecule has 262 valence electrons. The second kappa shape index (κ2) is 14.6. The molecule has 2 aromatic heterocycles. The summed E-state index contributed by atoms with van der Waals surface area (Å²) in [5, 5.41) is 6.68. The number of halogens is 1. The average Bonchev–Trinajstić information content (AvgIpc) is 3.09. The van der Waals surface area contributed by atoms with Crippen molar-refractivity contribution in [1.82, 2.24) is 29.7 Å². The zero-order chi connectivity index (χ0) is 34.9. The van der Waals surface area contributed by atoms with E-state index in [9.17, 15) is 8.42 Å². The molecule has 4 heterocycles. The lowest BCUT2D eigenvalue weighted by molar-refractivity contribution is 0.0982. The first-order valence-corrected chi connectivity index (χ1v) is 19.2. The number of anilines is 6. The lowest BCUT2D eigenvalue weighted by Crippen LogP contribution is -2.52. The van der Waals surface area contributed by atoms with Crippen LogP contribution in [0.15, 0.2) is 47.3 Å². The average molecular weight is 754 g/mol. The summed E-state index contributed by atoms with van der Waals surface area (Å²) in [4.78, 5) is 25.7. The second-order valence-corrected chi connectivity index (χ2v) is 15.9. The Morgan fingerprint density at radius 1 is 0.980 bits per heavy atom. The number of nitrogens with one attached hydrogen (secondary N) is 2. The Hall–Kier alpha value is -3.79. The molecule has 2 saturated heterocycles. The highest BCUT2D eigenvalue weighted by molar-refractivity contribution is 9.10. The molecule has 2 N–H and O–H groups in total. The van der Waals surface area contributed by atoms with Gasteiger partial charge in [-0.25, -0.2) is 13.4 Å². The van der Waals surface area contributed by atoms with Gasteiger partial charge in [-0.05, 0) is 65.5 Å². The standard InChI is InChI=1S/C34H45BrN10O3S/c1-22(2)24-19-28(30(48-5)20-29(24)45-13-9-23(10-14-45)44-17-15-42(3)16-18-44)40-34-38-21-25(35)33(41-34)39-27-8-7-26-31(37-12-11-36-26)32(27)43(4)49(6,46)47/h7-8,11-12,19-23H,9-10,13-18H2,1-6H3,(H2,38,39,40,41). The lowest BCUT2D eigenvalue weighted by atomic mass is 9.96. The van der Waals surface area contributed by atoms with Crippen molar-refractivity contribution < 1.29 is 13.2 Å². The van der Waals surface area contributed by atoms with E-state index in [1.165, 1.54) is 28.8 Å². The molecule has 0 radical (unpaired) electrons. The van der Waals surface area contributed by atoms with Gasteiger partial charge in [-0.3, -0.25) is 19.2 Å². The predicted molar refractivity (Wildman–Crippen MR) is 200 cm³/mol. The predicted octanol–water partition coefficient (Wildman–Crippen LogP) is 5.41. The van der Waals surface area contributed by atoms with E-state index in [4.69, 9.17) is 9.72 Å². The van der Waals surface area contributed by atoms with Crippen molar-refractivity contribution in [3.05, 3.63) is 52.9 Å². The molecule has 15 heteroatoms. The quantitative estimate of drug-likeness (QED) is 0.215. The number of aromatic nitrogens is 4. The number of rotatable bonds is 10. The topological polar surface area (TPSA) is 132 Å². The SMILES string of the molecule is COc1cc(N2CCC(N3CCN(C)CC3)CC2)c(C(C)C)cc1Nc1ncc(Br)c(Nc2ccc3nccnc3c2N(C)S(C)(=O)=O)n1. The fourth-order valence-corrected chi connectivity index (χ4v) is 7.42. The first-order chi connectivity index (χ1) is 23.4. The van der Waals surface area contributed by atoms with Crippen LogP contribution in [0, 0.1) is 0 Å². The molecule has 0 saturated carbocycles. The summed E-state index contributed by atoms with van der Waals surface area (Å²) in [6.07, 6.45) is 8.20. The molecule has 0 amide bonds. The van der Waals surface area contributed by atoms with Crippen LogP contribution >= 0.6 is 15.9 Å². The summed E-state index contributed by atoms with van der Waals surface area (Å²) in [6.45, 7) is 11.0. The Balaban J connectivity index is 1.26. The van der Waals surface area contributed by atoms with Crippen LogP contribution in [0.25, 0.3) is 11.0 Å². The maximum Gasteiger partial charge on any atom is 0.232 e. The first kappa shape index (κ1) is 35.1. The number of sulfonamides is 1. The molecule has 13 nitrogen and oxygen atoms in total. The third-order valence-corrected chi connectivity index (χ3v) is 11.3. The van der Waals surface area contributed by atoms with E-state index in [0.29, 0.717) is 50.4 Å². The summed E-state index contributed by atoms with van der Waals surface area (Å²) in [5.74, 6) is 1.76. The monoisotopic (exact) mass is 752 g/mol. The normalized spacial score (nSPS) is 16.7. The van der Waals surface area contributed by atoms with Crippen molar-refractivity contribution in [2.45, 2.75) is 38.6 Å². The highest BCUT2D eigenvalue weighted by atomic mass is 79.9. The minimum Gasteiger partial charge on any atom is -0.494 e. The lowest BCUT2D eigenvalue weighted by Gasteiger charge is -2.43. The summed E-state index contributed by atoms with van der Waals surface area (Å²) >= 11 is 3.56. The smallest absolute Gasteiger partial charge is 0.232 e. The van der Waals surface area contributed by atoms with Gasteiger partial charge < -0.3 is 25.2 Å². The number of hydrogen-bond acceptors (Lipinski definition) is 12. The van der Waals surface area contributed by atoms with E-state index in [2.05, 4.69) is 89.2 Å². The molecule has 0 atom stereocenters. The van der Waals surface area contributed by atoms with Gasteiger partial charge in [0.05, 0.1) is 34.7 Å². The molecule has 2 aliphatic rings. The van der Waals surface area contributed by atoms with Gasteiger partial charge in [0.15, 0.2) is 0 Å². The molecule has 2 fully saturated rings. The maximum absolute atomic E-state index is 12.6. The summed E-state index contributed by atoms with van der Waals surface area (Å²) in [5.41, 5.74) is 5.05.